The Bertz CT molecular complexity index is 898. The molecule has 1 heterocycles. The first-order valence-electron chi connectivity index (χ1n) is 8.73. The molecule has 1 aromatic heterocycles. The Morgan fingerprint density at radius 1 is 1.07 bits per heavy atom. The number of halogens is 1. The third-order valence-electron chi connectivity index (χ3n) is 4.06. The lowest BCUT2D eigenvalue weighted by Gasteiger charge is -2.26. The number of nitrogens with zero attached hydrogens (tertiary/aromatic N) is 3. The normalized spacial score (nSPS) is 10.7. The fourth-order valence-electron chi connectivity index (χ4n) is 2.62. The molecule has 0 unspecified atom stereocenters. The van der Waals surface area contributed by atoms with Crippen LogP contribution in [0.5, 0.6) is 0 Å². The summed E-state index contributed by atoms with van der Waals surface area (Å²) >= 11 is 5.90. The van der Waals surface area contributed by atoms with Crippen LogP contribution in [-0.4, -0.2) is 26.8 Å². The van der Waals surface area contributed by atoms with Crippen molar-refractivity contribution in [2.45, 2.75) is 26.4 Å². The van der Waals surface area contributed by atoms with Gasteiger partial charge in [-0.2, -0.15) is 0 Å². The van der Waals surface area contributed by atoms with Gasteiger partial charge in [0.15, 0.2) is 0 Å². The van der Waals surface area contributed by atoms with Gasteiger partial charge in [-0.25, -0.2) is 9.97 Å². The molecule has 0 aliphatic carbocycles. The van der Waals surface area contributed by atoms with Gasteiger partial charge in [-0.15, -0.1) is 0 Å². The van der Waals surface area contributed by atoms with Crippen molar-refractivity contribution in [3.05, 3.63) is 83.1 Å². The zero-order valence-corrected chi connectivity index (χ0v) is 16.0. The van der Waals surface area contributed by atoms with E-state index in [0.29, 0.717) is 23.2 Å². The quantitative estimate of drug-likeness (QED) is 0.659. The van der Waals surface area contributed by atoms with E-state index in [-0.39, 0.29) is 11.9 Å². The predicted octanol–water partition coefficient (Wildman–Crippen LogP) is 4.92. The van der Waals surface area contributed by atoms with E-state index < -0.39 is 0 Å². The second-order valence-corrected chi connectivity index (χ2v) is 6.85. The summed E-state index contributed by atoms with van der Waals surface area (Å²) in [5.41, 5.74) is 2.23. The van der Waals surface area contributed by atoms with E-state index in [1.807, 2.05) is 56.3 Å². The minimum absolute atomic E-state index is 0.0420. The Morgan fingerprint density at radius 2 is 1.78 bits per heavy atom. The Hall–Kier alpha value is -2.92. The Balaban J connectivity index is 1.79. The van der Waals surface area contributed by atoms with Crippen molar-refractivity contribution in [2.75, 3.05) is 5.32 Å². The minimum Gasteiger partial charge on any atom is -0.331 e. The van der Waals surface area contributed by atoms with E-state index in [1.165, 1.54) is 0 Å². The standard InChI is InChI=1S/C21H21ClN4O/c1-15(2)26(14-16-6-4-3-5-7-16)20(27)19-12-13-23-21(25-19)24-18-10-8-17(22)9-11-18/h3-13,15H,14H2,1-2H3,(H,23,24,25). The largest absolute Gasteiger partial charge is 0.331 e. The van der Waals surface area contributed by atoms with Crippen LogP contribution in [0.1, 0.15) is 29.9 Å². The molecule has 0 aliphatic rings. The zero-order chi connectivity index (χ0) is 19.2. The zero-order valence-electron chi connectivity index (χ0n) is 15.3. The summed E-state index contributed by atoms with van der Waals surface area (Å²) in [5.74, 6) is 0.238. The van der Waals surface area contributed by atoms with E-state index in [0.717, 1.165) is 11.3 Å². The van der Waals surface area contributed by atoms with Gasteiger partial charge in [0, 0.05) is 29.5 Å². The highest BCUT2D eigenvalue weighted by molar-refractivity contribution is 6.30. The SMILES string of the molecule is CC(C)N(Cc1ccccc1)C(=O)c1ccnc(Nc2ccc(Cl)cc2)n1. The van der Waals surface area contributed by atoms with Crippen LogP contribution in [0.2, 0.25) is 5.02 Å². The van der Waals surface area contributed by atoms with Crippen molar-refractivity contribution >= 4 is 29.1 Å². The monoisotopic (exact) mass is 380 g/mol. The highest BCUT2D eigenvalue weighted by Crippen LogP contribution is 2.18. The van der Waals surface area contributed by atoms with Crippen LogP contribution in [0.3, 0.4) is 0 Å². The average Bonchev–Trinajstić information content (AvgIpc) is 2.68. The van der Waals surface area contributed by atoms with Gasteiger partial charge >= 0.3 is 0 Å². The molecule has 0 saturated heterocycles. The van der Waals surface area contributed by atoms with Gasteiger partial charge in [0.05, 0.1) is 0 Å². The summed E-state index contributed by atoms with van der Waals surface area (Å²) < 4.78 is 0. The van der Waals surface area contributed by atoms with Gasteiger partial charge in [0.1, 0.15) is 5.69 Å². The first kappa shape index (κ1) is 18.9. The number of carbonyl (C=O) groups excluding carboxylic acids is 1. The van der Waals surface area contributed by atoms with Gasteiger partial charge in [-0.05, 0) is 49.7 Å². The number of benzene rings is 2. The van der Waals surface area contributed by atoms with Crippen molar-refractivity contribution in [2.24, 2.45) is 0 Å². The summed E-state index contributed by atoms with van der Waals surface area (Å²) in [6.07, 6.45) is 1.58. The minimum atomic E-state index is -0.129. The van der Waals surface area contributed by atoms with Gasteiger partial charge in [-0.3, -0.25) is 4.79 Å². The maximum Gasteiger partial charge on any atom is 0.273 e. The van der Waals surface area contributed by atoms with Crippen LogP contribution in [0.4, 0.5) is 11.6 Å². The molecule has 3 aromatic rings. The third-order valence-corrected chi connectivity index (χ3v) is 4.31. The molecule has 0 radical (unpaired) electrons. The first-order valence-corrected chi connectivity index (χ1v) is 9.11. The smallest absolute Gasteiger partial charge is 0.273 e. The van der Waals surface area contributed by atoms with Crippen LogP contribution < -0.4 is 5.32 Å². The molecule has 27 heavy (non-hydrogen) atoms. The molecule has 2 aromatic carbocycles. The van der Waals surface area contributed by atoms with E-state index in [1.54, 1.807) is 29.3 Å². The highest BCUT2D eigenvalue weighted by Gasteiger charge is 2.20. The summed E-state index contributed by atoms with van der Waals surface area (Å²) in [5, 5.41) is 3.74. The van der Waals surface area contributed by atoms with Crippen LogP contribution in [0, 0.1) is 0 Å². The fourth-order valence-corrected chi connectivity index (χ4v) is 2.74. The molecule has 0 spiro atoms. The number of rotatable bonds is 6. The first-order chi connectivity index (χ1) is 13.0. The van der Waals surface area contributed by atoms with Crippen molar-refractivity contribution in [1.82, 2.24) is 14.9 Å². The Labute approximate surface area is 164 Å². The van der Waals surface area contributed by atoms with Crippen molar-refractivity contribution in [3.63, 3.8) is 0 Å². The van der Waals surface area contributed by atoms with Crippen molar-refractivity contribution in [3.8, 4) is 0 Å². The molecule has 5 nitrogen and oxygen atoms in total. The Morgan fingerprint density at radius 3 is 2.44 bits per heavy atom. The van der Waals surface area contributed by atoms with Crippen molar-refractivity contribution < 1.29 is 4.79 Å². The number of hydrogen-bond acceptors (Lipinski definition) is 4. The number of carbonyl (C=O) groups is 1. The van der Waals surface area contributed by atoms with Gasteiger partial charge in [-0.1, -0.05) is 41.9 Å². The molecule has 0 aliphatic heterocycles. The van der Waals surface area contributed by atoms with Crippen LogP contribution >= 0.6 is 11.6 Å². The predicted molar refractivity (Wildman–Crippen MR) is 108 cm³/mol. The molecule has 6 heteroatoms. The molecule has 1 N–H and O–H groups in total. The molecular weight excluding hydrogens is 360 g/mol. The number of anilines is 2. The third kappa shape index (κ3) is 5.05. The average molecular weight is 381 g/mol. The summed E-state index contributed by atoms with van der Waals surface area (Å²) in [4.78, 5) is 23.4. The van der Waals surface area contributed by atoms with Crippen LogP contribution in [0.15, 0.2) is 66.9 Å². The van der Waals surface area contributed by atoms with Gasteiger partial charge in [0.25, 0.3) is 5.91 Å². The lowest BCUT2D eigenvalue weighted by Crippen LogP contribution is -2.37. The summed E-state index contributed by atoms with van der Waals surface area (Å²) in [6, 6.07) is 18.8. The second kappa shape index (κ2) is 8.64. The number of amides is 1. The fraction of sp³-hybridized carbons (Fsp3) is 0.190. The van der Waals surface area contributed by atoms with Crippen LogP contribution in [-0.2, 0) is 6.54 Å². The number of nitrogens with one attached hydrogen (secondary N) is 1. The van der Waals surface area contributed by atoms with E-state index in [9.17, 15) is 4.79 Å². The molecule has 0 atom stereocenters. The topological polar surface area (TPSA) is 58.1 Å². The highest BCUT2D eigenvalue weighted by atomic mass is 35.5. The maximum absolute atomic E-state index is 13.0. The lowest BCUT2D eigenvalue weighted by atomic mass is 10.1. The van der Waals surface area contributed by atoms with Crippen molar-refractivity contribution in [1.29, 1.82) is 0 Å². The Kier molecular flexibility index (Phi) is 6.04. The second-order valence-electron chi connectivity index (χ2n) is 6.41. The molecule has 138 valence electrons. The molecular formula is C21H21ClN4O. The summed E-state index contributed by atoms with van der Waals surface area (Å²) in [6.45, 7) is 4.52. The number of aromatic nitrogens is 2. The lowest BCUT2D eigenvalue weighted by molar-refractivity contribution is 0.0684. The van der Waals surface area contributed by atoms with E-state index in [4.69, 9.17) is 11.6 Å². The van der Waals surface area contributed by atoms with E-state index in [2.05, 4.69) is 15.3 Å². The number of hydrogen-bond donors (Lipinski definition) is 1. The molecule has 0 bridgehead atoms. The van der Waals surface area contributed by atoms with E-state index >= 15 is 0 Å². The molecule has 1 amide bonds. The summed E-state index contributed by atoms with van der Waals surface area (Å²) in [7, 11) is 0. The molecule has 0 fully saturated rings. The maximum atomic E-state index is 13.0. The van der Waals surface area contributed by atoms with Crippen LogP contribution in [0.25, 0.3) is 0 Å². The van der Waals surface area contributed by atoms with Gasteiger partial charge < -0.3 is 10.2 Å². The molecule has 0 saturated carbocycles. The molecule has 3 rings (SSSR count). The van der Waals surface area contributed by atoms with Gasteiger partial charge in [0.2, 0.25) is 5.95 Å².